The normalized spacial score (nSPS) is 15.1. The zero-order valence-electron chi connectivity index (χ0n) is 21.1. The van der Waals surface area contributed by atoms with Crippen LogP contribution in [0.2, 0.25) is 0 Å². The fraction of sp³-hybridized carbons (Fsp3) is 0.267. The molecule has 8 heteroatoms. The van der Waals surface area contributed by atoms with Crippen molar-refractivity contribution >= 4 is 15.7 Å². The summed E-state index contributed by atoms with van der Waals surface area (Å²) in [7, 11) is -3.88. The number of pyridine rings is 1. The van der Waals surface area contributed by atoms with Crippen molar-refractivity contribution in [3.05, 3.63) is 118 Å². The van der Waals surface area contributed by atoms with Gasteiger partial charge in [0.15, 0.2) is 5.03 Å². The summed E-state index contributed by atoms with van der Waals surface area (Å²) in [5.41, 5.74) is 1.89. The molecule has 1 fully saturated rings. The molecule has 5 rings (SSSR count). The zero-order valence-corrected chi connectivity index (χ0v) is 21.9. The van der Waals surface area contributed by atoms with Crippen LogP contribution in [0.15, 0.2) is 99.3 Å². The molecule has 38 heavy (non-hydrogen) atoms. The van der Waals surface area contributed by atoms with Gasteiger partial charge >= 0.3 is 5.63 Å². The van der Waals surface area contributed by atoms with Crippen LogP contribution in [0.5, 0.6) is 5.75 Å². The molecule has 7 nitrogen and oxygen atoms in total. The molecule has 0 bridgehead atoms. The van der Waals surface area contributed by atoms with Gasteiger partial charge in [0.25, 0.3) is 10.0 Å². The molecule has 1 aliphatic carbocycles. The van der Waals surface area contributed by atoms with Crippen LogP contribution in [0.25, 0.3) is 0 Å². The molecule has 2 aromatic carbocycles. The third-order valence-electron chi connectivity index (χ3n) is 7.02. The van der Waals surface area contributed by atoms with Crippen molar-refractivity contribution in [2.24, 2.45) is 5.92 Å². The van der Waals surface area contributed by atoms with Gasteiger partial charge in [-0.1, -0.05) is 55.5 Å². The average molecular weight is 531 g/mol. The summed E-state index contributed by atoms with van der Waals surface area (Å²) in [6.45, 7) is 2.03. The van der Waals surface area contributed by atoms with Gasteiger partial charge in [0, 0.05) is 29.8 Å². The van der Waals surface area contributed by atoms with Crippen LogP contribution in [-0.4, -0.2) is 18.5 Å². The van der Waals surface area contributed by atoms with Gasteiger partial charge < -0.3 is 9.52 Å². The Morgan fingerprint density at radius 3 is 2.45 bits per heavy atom. The van der Waals surface area contributed by atoms with Crippen LogP contribution in [-0.2, 0) is 16.4 Å². The molecule has 2 aromatic heterocycles. The molecule has 1 aliphatic rings. The van der Waals surface area contributed by atoms with E-state index in [4.69, 9.17) is 4.42 Å². The molecule has 1 saturated carbocycles. The second-order valence-electron chi connectivity index (χ2n) is 9.74. The van der Waals surface area contributed by atoms with E-state index in [1.54, 1.807) is 36.4 Å². The molecule has 0 aliphatic heterocycles. The molecule has 0 unspecified atom stereocenters. The van der Waals surface area contributed by atoms with Crippen molar-refractivity contribution in [1.82, 2.24) is 4.98 Å². The monoisotopic (exact) mass is 530 g/mol. The molecule has 0 spiro atoms. The SMILES string of the molecule is CC[C@H](Cc1ccccc1)c1cc(O)c([C@@H](c2cccc(NS(=O)(=O)c3ccccn3)c2)C2CC2)c(=O)o1. The number of hydrogen-bond donors (Lipinski definition) is 2. The first-order chi connectivity index (χ1) is 18.4. The van der Waals surface area contributed by atoms with Crippen LogP contribution >= 0.6 is 0 Å². The second kappa shape index (κ2) is 10.8. The van der Waals surface area contributed by atoms with Crippen LogP contribution in [0.3, 0.4) is 0 Å². The average Bonchev–Trinajstić information content (AvgIpc) is 3.75. The predicted octanol–water partition coefficient (Wildman–Crippen LogP) is 5.82. The predicted molar refractivity (Wildman–Crippen MR) is 146 cm³/mol. The number of nitrogens with zero attached hydrogens (tertiary/aromatic N) is 1. The Bertz CT molecular complexity index is 1570. The third-order valence-corrected chi connectivity index (χ3v) is 8.32. The van der Waals surface area contributed by atoms with Crippen molar-refractivity contribution < 1.29 is 17.9 Å². The Morgan fingerprint density at radius 2 is 1.79 bits per heavy atom. The van der Waals surface area contributed by atoms with Gasteiger partial charge in [0.2, 0.25) is 0 Å². The van der Waals surface area contributed by atoms with E-state index in [1.807, 2.05) is 43.3 Å². The van der Waals surface area contributed by atoms with Gasteiger partial charge in [-0.3, -0.25) is 4.72 Å². The van der Waals surface area contributed by atoms with E-state index in [9.17, 15) is 18.3 Å². The first-order valence-corrected chi connectivity index (χ1v) is 14.3. The smallest absolute Gasteiger partial charge is 0.343 e. The van der Waals surface area contributed by atoms with Gasteiger partial charge in [0.05, 0.1) is 5.56 Å². The highest BCUT2D eigenvalue weighted by molar-refractivity contribution is 7.92. The molecule has 2 heterocycles. The van der Waals surface area contributed by atoms with E-state index in [0.717, 1.165) is 30.4 Å². The number of aromatic hydroxyl groups is 1. The molecule has 196 valence electrons. The van der Waals surface area contributed by atoms with Gasteiger partial charge in [-0.25, -0.2) is 9.78 Å². The van der Waals surface area contributed by atoms with Gasteiger partial charge in [0.1, 0.15) is 11.5 Å². The molecule has 4 aromatic rings. The highest BCUT2D eigenvalue weighted by Gasteiger charge is 2.38. The van der Waals surface area contributed by atoms with Gasteiger partial charge in [-0.15, -0.1) is 0 Å². The van der Waals surface area contributed by atoms with Crippen molar-refractivity contribution in [1.29, 1.82) is 0 Å². The quantitative estimate of drug-likeness (QED) is 0.267. The van der Waals surface area contributed by atoms with E-state index in [2.05, 4.69) is 9.71 Å². The molecule has 0 radical (unpaired) electrons. The summed E-state index contributed by atoms with van der Waals surface area (Å²) in [4.78, 5) is 17.3. The molecule has 2 N–H and O–H groups in total. The maximum absolute atomic E-state index is 13.3. The topological polar surface area (TPSA) is 110 Å². The van der Waals surface area contributed by atoms with Crippen molar-refractivity contribution in [3.8, 4) is 5.75 Å². The molecule has 0 amide bonds. The van der Waals surface area contributed by atoms with Gasteiger partial charge in [-0.2, -0.15) is 8.42 Å². The van der Waals surface area contributed by atoms with Gasteiger partial charge in [-0.05, 0) is 67.0 Å². The van der Waals surface area contributed by atoms with E-state index >= 15 is 0 Å². The first kappa shape index (κ1) is 25.7. The fourth-order valence-corrected chi connectivity index (χ4v) is 5.95. The highest BCUT2D eigenvalue weighted by atomic mass is 32.2. The Labute approximate surface area is 222 Å². The maximum atomic E-state index is 13.3. The van der Waals surface area contributed by atoms with E-state index in [1.165, 1.54) is 12.3 Å². The number of rotatable bonds is 10. The van der Waals surface area contributed by atoms with Crippen molar-refractivity contribution in [2.45, 2.75) is 49.5 Å². The Balaban J connectivity index is 1.46. The van der Waals surface area contributed by atoms with E-state index < -0.39 is 21.6 Å². The van der Waals surface area contributed by atoms with Crippen molar-refractivity contribution in [2.75, 3.05) is 4.72 Å². The lowest BCUT2D eigenvalue weighted by Gasteiger charge is -2.20. The minimum atomic E-state index is -3.88. The Morgan fingerprint density at radius 1 is 1.03 bits per heavy atom. The lowest BCUT2D eigenvalue weighted by Crippen LogP contribution is -2.18. The van der Waals surface area contributed by atoms with E-state index in [-0.39, 0.29) is 28.2 Å². The lowest BCUT2D eigenvalue weighted by molar-refractivity contribution is 0.379. The first-order valence-electron chi connectivity index (χ1n) is 12.8. The summed E-state index contributed by atoms with van der Waals surface area (Å²) in [5, 5.41) is 11.0. The number of hydrogen-bond acceptors (Lipinski definition) is 6. The number of nitrogens with one attached hydrogen (secondary N) is 1. The molecule has 2 atom stereocenters. The number of benzene rings is 2. The number of sulfonamides is 1. The lowest BCUT2D eigenvalue weighted by atomic mass is 9.86. The largest absolute Gasteiger partial charge is 0.507 e. The van der Waals surface area contributed by atoms with Crippen molar-refractivity contribution in [3.63, 3.8) is 0 Å². The fourth-order valence-electron chi connectivity index (χ4n) is 4.95. The molecular formula is C30H30N2O5S. The standard InChI is InChI=1S/C30H30N2O5S/c1-2-21(17-20-9-4-3-5-10-20)26-19-25(33)29(30(34)37-26)28(22-14-15-22)23-11-8-12-24(18-23)32-38(35,36)27-13-6-7-16-31-27/h3-13,16,18-19,21-22,28,32-33H,2,14-15,17H2,1H3/t21-,28-/m1/s1. The van der Waals surface area contributed by atoms with Crippen LogP contribution < -0.4 is 10.3 Å². The Kier molecular flexibility index (Phi) is 7.33. The summed E-state index contributed by atoms with van der Waals surface area (Å²) < 4.78 is 34.0. The van der Waals surface area contributed by atoms with Crippen LogP contribution in [0, 0.1) is 5.92 Å². The van der Waals surface area contributed by atoms with Crippen LogP contribution in [0.4, 0.5) is 5.69 Å². The summed E-state index contributed by atoms with van der Waals surface area (Å²) in [6.07, 6.45) is 4.68. The Hall–Kier alpha value is -3.91. The number of anilines is 1. The summed E-state index contributed by atoms with van der Waals surface area (Å²) in [6, 6.07) is 23.2. The minimum absolute atomic E-state index is 0.0474. The third kappa shape index (κ3) is 5.65. The van der Waals surface area contributed by atoms with Crippen LogP contribution in [0.1, 0.15) is 60.5 Å². The molecule has 0 saturated heterocycles. The maximum Gasteiger partial charge on any atom is 0.343 e. The number of aromatic nitrogens is 1. The summed E-state index contributed by atoms with van der Waals surface area (Å²) in [5.74, 6) is 0.0827. The van der Waals surface area contributed by atoms with E-state index in [0.29, 0.717) is 17.9 Å². The summed E-state index contributed by atoms with van der Waals surface area (Å²) >= 11 is 0. The molecular weight excluding hydrogens is 500 g/mol. The zero-order chi connectivity index (χ0) is 26.7. The highest BCUT2D eigenvalue weighted by Crippen LogP contribution is 2.48. The second-order valence-corrected chi connectivity index (χ2v) is 11.4. The minimum Gasteiger partial charge on any atom is -0.507 e.